The molecule has 0 aromatic heterocycles. The lowest BCUT2D eigenvalue weighted by atomic mass is 9.98. The third kappa shape index (κ3) is 4.42. The van der Waals surface area contributed by atoms with Gasteiger partial charge in [-0.2, -0.15) is 0 Å². The number of hydrogen-bond acceptors (Lipinski definition) is 4. The zero-order valence-corrected chi connectivity index (χ0v) is 12.0. The highest BCUT2D eigenvalue weighted by atomic mass is 16.6. The van der Waals surface area contributed by atoms with Gasteiger partial charge in [0.2, 0.25) is 0 Å². The summed E-state index contributed by atoms with van der Waals surface area (Å²) in [5.74, 6) is 0.507. The number of urea groups is 1. The molecule has 0 radical (unpaired) electrons. The zero-order valence-electron chi connectivity index (χ0n) is 12.0. The molecule has 1 saturated heterocycles. The molecule has 2 amide bonds. The van der Waals surface area contributed by atoms with Gasteiger partial charge in [-0.25, -0.2) is 4.79 Å². The van der Waals surface area contributed by atoms with Crippen LogP contribution in [-0.2, 0) is 0 Å². The van der Waals surface area contributed by atoms with Crippen molar-refractivity contribution in [3.8, 4) is 0 Å². The number of piperidine rings is 1. The van der Waals surface area contributed by atoms with E-state index in [-0.39, 0.29) is 11.7 Å². The molecule has 0 atom stereocenters. The van der Waals surface area contributed by atoms with E-state index in [4.69, 9.17) is 0 Å². The molecule has 7 heteroatoms. The number of rotatable bonds is 4. The van der Waals surface area contributed by atoms with Gasteiger partial charge < -0.3 is 15.5 Å². The Morgan fingerprint density at radius 2 is 2.19 bits per heavy atom. The topological polar surface area (TPSA) is 87.5 Å². The third-order valence-electron chi connectivity index (χ3n) is 3.65. The first-order valence-corrected chi connectivity index (χ1v) is 7.03. The number of nitrogens with one attached hydrogen (secondary N) is 2. The van der Waals surface area contributed by atoms with Crippen molar-refractivity contribution in [3.05, 3.63) is 34.4 Å². The Bertz CT molecular complexity index is 515. The first-order chi connectivity index (χ1) is 10.1. The molecular formula is C14H20N4O3. The Balaban J connectivity index is 1.90. The van der Waals surface area contributed by atoms with E-state index in [1.165, 1.54) is 12.1 Å². The van der Waals surface area contributed by atoms with Crippen molar-refractivity contribution in [1.82, 2.24) is 10.2 Å². The van der Waals surface area contributed by atoms with Crippen LogP contribution in [0.4, 0.5) is 16.2 Å². The minimum atomic E-state index is -0.478. The molecule has 0 saturated carbocycles. The van der Waals surface area contributed by atoms with Gasteiger partial charge in [-0.05, 0) is 37.9 Å². The second-order valence-electron chi connectivity index (χ2n) is 5.31. The normalized spacial score (nSPS) is 15.5. The molecule has 114 valence electrons. The molecule has 1 aromatic rings. The number of nitrogens with zero attached hydrogens (tertiary/aromatic N) is 2. The molecule has 1 heterocycles. The average molecular weight is 292 g/mol. The quantitative estimate of drug-likeness (QED) is 0.657. The zero-order chi connectivity index (χ0) is 15.2. The molecule has 1 aliphatic heterocycles. The highest BCUT2D eigenvalue weighted by Gasteiger charge is 2.18. The van der Waals surface area contributed by atoms with Crippen molar-refractivity contribution in [2.45, 2.75) is 12.8 Å². The molecule has 0 bridgehead atoms. The first-order valence-electron chi connectivity index (χ1n) is 7.03. The maximum Gasteiger partial charge on any atom is 0.321 e. The van der Waals surface area contributed by atoms with Crippen molar-refractivity contribution in [1.29, 1.82) is 0 Å². The van der Waals surface area contributed by atoms with Crippen LogP contribution in [0.1, 0.15) is 12.8 Å². The number of benzene rings is 1. The number of amides is 2. The molecule has 1 aromatic carbocycles. The van der Waals surface area contributed by atoms with Crippen molar-refractivity contribution >= 4 is 17.4 Å². The molecular weight excluding hydrogens is 272 g/mol. The van der Waals surface area contributed by atoms with Crippen LogP contribution in [0.3, 0.4) is 0 Å². The molecule has 1 aliphatic rings. The van der Waals surface area contributed by atoms with Crippen LogP contribution in [-0.4, -0.2) is 42.5 Å². The third-order valence-corrected chi connectivity index (χ3v) is 3.65. The van der Waals surface area contributed by atoms with Crippen LogP contribution in [0, 0.1) is 16.0 Å². The molecule has 2 N–H and O–H groups in total. The fourth-order valence-corrected chi connectivity index (χ4v) is 2.45. The average Bonchev–Trinajstić information content (AvgIpc) is 2.48. The Hall–Kier alpha value is -2.15. The minimum Gasteiger partial charge on any atom is -0.327 e. The summed E-state index contributed by atoms with van der Waals surface area (Å²) in [6.45, 7) is 2.68. The molecule has 21 heavy (non-hydrogen) atoms. The monoisotopic (exact) mass is 292 g/mol. The van der Waals surface area contributed by atoms with Gasteiger partial charge in [0.1, 0.15) is 0 Å². The number of anilines is 1. The van der Waals surface area contributed by atoms with Gasteiger partial charge in [-0.15, -0.1) is 0 Å². The SMILES string of the molecule is CN(CC1CCNCC1)C(=O)Nc1cccc([N+](=O)[O-])c1. The number of nitro groups is 1. The Morgan fingerprint density at radius 1 is 1.48 bits per heavy atom. The molecule has 0 unspecified atom stereocenters. The molecule has 0 spiro atoms. The van der Waals surface area contributed by atoms with E-state index in [1.807, 2.05) is 0 Å². The molecule has 1 fully saturated rings. The van der Waals surface area contributed by atoms with Gasteiger partial charge in [0.05, 0.1) is 4.92 Å². The summed E-state index contributed by atoms with van der Waals surface area (Å²) in [5.41, 5.74) is 0.403. The fourth-order valence-electron chi connectivity index (χ4n) is 2.45. The van der Waals surface area contributed by atoms with Crippen LogP contribution in [0.25, 0.3) is 0 Å². The lowest BCUT2D eigenvalue weighted by Gasteiger charge is -2.27. The van der Waals surface area contributed by atoms with Gasteiger partial charge in [0.25, 0.3) is 5.69 Å². The molecule has 2 rings (SSSR count). The van der Waals surface area contributed by atoms with Crippen LogP contribution < -0.4 is 10.6 Å². The van der Waals surface area contributed by atoms with Gasteiger partial charge in [0, 0.05) is 31.4 Å². The second-order valence-corrected chi connectivity index (χ2v) is 5.31. The lowest BCUT2D eigenvalue weighted by molar-refractivity contribution is -0.384. The number of carbonyl (C=O) groups is 1. The number of hydrogen-bond donors (Lipinski definition) is 2. The van der Waals surface area contributed by atoms with E-state index in [1.54, 1.807) is 24.1 Å². The maximum atomic E-state index is 12.1. The van der Waals surface area contributed by atoms with Crippen molar-refractivity contribution in [3.63, 3.8) is 0 Å². The number of nitro benzene ring substituents is 1. The van der Waals surface area contributed by atoms with Crippen molar-refractivity contribution < 1.29 is 9.72 Å². The van der Waals surface area contributed by atoms with Gasteiger partial charge in [-0.1, -0.05) is 6.07 Å². The Morgan fingerprint density at radius 3 is 2.86 bits per heavy atom. The summed E-state index contributed by atoms with van der Waals surface area (Å²) in [6.07, 6.45) is 2.13. The van der Waals surface area contributed by atoms with Gasteiger partial charge in [0.15, 0.2) is 0 Å². The van der Waals surface area contributed by atoms with Crippen molar-refractivity contribution in [2.75, 3.05) is 32.0 Å². The predicted octanol–water partition coefficient (Wildman–Crippen LogP) is 2.06. The van der Waals surface area contributed by atoms with E-state index in [2.05, 4.69) is 10.6 Å². The van der Waals surface area contributed by atoms with E-state index in [0.717, 1.165) is 25.9 Å². The molecule has 7 nitrogen and oxygen atoms in total. The minimum absolute atomic E-state index is 0.0335. The van der Waals surface area contributed by atoms with Gasteiger partial charge >= 0.3 is 6.03 Å². The Labute approximate surface area is 123 Å². The smallest absolute Gasteiger partial charge is 0.321 e. The van der Waals surface area contributed by atoms with Crippen LogP contribution in [0.15, 0.2) is 24.3 Å². The van der Waals surface area contributed by atoms with E-state index >= 15 is 0 Å². The summed E-state index contributed by atoms with van der Waals surface area (Å²) in [7, 11) is 1.74. The highest BCUT2D eigenvalue weighted by Crippen LogP contribution is 2.18. The largest absolute Gasteiger partial charge is 0.327 e. The summed E-state index contributed by atoms with van der Waals surface area (Å²) in [5, 5.41) is 16.7. The van der Waals surface area contributed by atoms with E-state index < -0.39 is 4.92 Å². The summed E-state index contributed by atoms with van der Waals surface area (Å²) in [6, 6.07) is 5.71. The first kappa shape index (κ1) is 15.2. The van der Waals surface area contributed by atoms with E-state index in [0.29, 0.717) is 18.2 Å². The summed E-state index contributed by atoms with van der Waals surface area (Å²) >= 11 is 0. The standard InChI is InChI=1S/C14H20N4O3/c1-17(10-11-5-7-15-8-6-11)14(19)16-12-3-2-4-13(9-12)18(20)21/h2-4,9,11,15H,5-8,10H2,1H3,(H,16,19). The number of non-ortho nitro benzene ring substituents is 1. The molecule has 0 aliphatic carbocycles. The second kappa shape index (κ2) is 7.03. The van der Waals surface area contributed by atoms with Gasteiger partial charge in [-0.3, -0.25) is 10.1 Å². The predicted molar refractivity (Wildman–Crippen MR) is 80.3 cm³/mol. The fraction of sp³-hybridized carbons (Fsp3) is 0.500. The van der Waals surface area contributed by atoms with Crippen molar-refractivity contribution in [2.24, 2.45) is 5.92 Å². The van der Waals surface area contributed by atoms with Crippen LogP contribution in [0.5, 0.6) is 0 Å². The number of carbonyl (C=O) groups excluding carboxylic acids is 1. The summed E-state index contributed by atoms with van der Waals surface area (Å²) in [4.78, 5) is 24.0. The maximum absolute atomic E-state index is 12.1. The lowest BCUT2D eigenvalue weighted by Crippen LogP contribution is -2.39. The van der Waals surface area contributed by atoms with Crippen LogP contribution in [0.2, 0.25) is 0 Å². The summed E-state index contributed by atoms with van der Waals surface area (Å²) < 4.78 is 0. The van der Waals surface area contributed by atoms with Crippen LogP contribution >= 0.6 is 0 Å². The highest BCUT2D eigenvalue weighted by molar-refractivity contribution is 5.89. The Kier molecular flexibility index (Phi) is 5.10. The van der Waals surface area contributed by atoms with E-state index in [9.17, 15) is 14.9 Å².